The molecule has 0 radical (unpaired) electrons. The Hall–Kier alpha value is -3.85. The topological polar surface area (TPSA) is 80.2 Å². The molecule has 0 spiro atoms. The smallest absolute Gasteiger partial charge is 0.242 e. The number of benzene rings is 3. The van der Waals surface area contributed by atoms with Crippen molar-refractivity contribution in [3.63, 3.8) is 0 Å². The van der Waals surface area contributed by atoms with Crippen LogP contribution in [0.1, 0.15) is 12.0 Å². The summed E-state index contributed by atoms with van der Waals surface area (Å²) in [6.07, 6.45) is 0.538. The molecule has 9 heteroatoms. The molecular formula is C27H26FN3O4S. The summed E-state index contributed by atoms with van der Waals surface area (Å²) in [5, 5.41) is 2.66. The lowest BCUT2D eigenvalue weighted by atomic mass is 10.1. The minimum absolute atomic E-state index is 0.0262. The number of ether oxygens (including phenoxy) is 2. The van der Waals surface area contributed by atoms with Gasteiger partial charge < -0.3 is 14.8 Å². The summed E-state index contributed by atoms with van der Waals surface area (Å²) >= 11 is 1.27. The average Bonchev–Trinajstić information content (AvgIpc) is 3.17. The van der Waals surface area contributed by atoms with E-state index in [4.69, 9.17) is 9.47 Å². The second-order valence-electron chi connectivity index (χ2n) is 8.02. The second-order valence-corrected chi connectivity index (χ2v) is 9.19. The van der Waals surface area contributed by atoms with Crippen molar-refractivity contribution in [1.82, 2.24) is 4.90 Å². The molecule has 1 fully saturated rings. The molecule has 0 saturated carbocycles. The lowest BCUT2D eigenvalue weighted by molar-refractivity contribution is -0.128. The van der Waals surface area contributed by atoms with Crippen molar-refractivity contribution >= 4 is 40.1 Å². The Morgan fingerprint density at radius 3 is 2.44 bits per heavy atom. The zero-order valence-corrected chi connectivity index (χ0v) is 20.8. The van der Waals surface area contributed by atoms with Crippen LogP contribution >= 0.6 is 11.8 Å². The molecule has 4 rings (SSSR count). The molecule has 0 bridgehead atoms. The van der Waals surface area contributed by atoms with Gasteiger partial charge in [-0.2, -0.15) is 0 Å². The predicted octanol–water partition coefficient (Wildman–Crippen LogP) is 5.05. The Morgan fingerprint density at radius 2 is 1.75 bits per heavy atom. The quantitative estimate of drug-likeness (QED) is 0.439. The van der Waals surface area contributed by atoms with Crippen molar-refractivity contribution in [3.05, 3.63) is 84.2 Å². The number of carbonyl (C=O) groups is 2. The normalized spacial score (nSPS) is 16.3. The van der Waals surface area contributed by atoms with Gasteiger partial charge in [0.25, 0.3) is 0 Å². The molecule has 0 aromatic heterocycles. The number of para-hydroxylation sites is 1. The van der Waals surface area contributed by atoms with Crippen LogP contribution in [0.15, 0.2) is 77.8 Å². The molecule has 186 valence electrons. The van der Waals surface area contributed by atoms with Crippen molar-refractivity contribution < 1.29 is 23.5 Å². The Bertz CT molecular complexity index is 1250. The Kier molecular flexibility index (Phi) is 8.22. The fraction of sp³-hybridized carbons (Fsp3) is 0.222. The number of anilines is 1. The number of amidine groups is 1. The van der Waals surface area contributed by atoms with E-state index in [-0.39, 0.29) is 24.1 Å². The fourth-order valence-corrected chi connectivity index (χ4v) is 4.92. The first kappa shape index (κ1) is 25.2. The van der Waals surface area contributed by atoms with Crippen molar-refractivity contribution in [2.24, 2.45) is 4.99 Å². The first-order chi connectivity index (χ1) is 17.5. The van der Waals surface area contributed by atoms with Crippen LogP contribution in [0.4, 0.5) is 15.8 Å². The first-order valence-electron chi connectivity index (χ1n) is 11.3. The van der Waals surface area contributed by atoms with E-state index in [2.05, 4.69) is 10.3 Å². The van der Waals surface area contributed by atoms with Crippen molar-refractivity contribution in [2.75, 3.05) is 26.1 Å². The summed E-state index contributed by atoms with van der Waals surface area (Å²) in [5.74, 6) is 0.359. The molecule has 1 atom stereocenters. The Balaban J connectivity index is 1.50. The van der Waals surface area contributed by atoms with E-state index in [1.807, 2.05) is 48.5 Å². The van der Waals surface area contributed by atoms with Gasteiger partial charge in [-0.15, -0.1) is 0 Å². The second kappa shape index (κ2) is 11.7. The molecule has 1 aliphatic rings. The van der Waals surface area contributed by atoms with E-state index in [1.54, 1.807) is 19.1 Å². The number of rotatable bonds is 9. The predicted molar refractivity (Wildman–Crippen MR) is 140 cm³/mol. The molecule has 3 aromatic carbocycles. The minimum atomic E-state index is -0.613. The summed E-state index contributed by atoms with van der Waals surface area (Å²) < 4.78 is 23.8. The molecule has 7 nitrogen and oxygen atoms in total. The number of halogens is 1. The van der Waals surface area contributed by atoms with Gasteiger partial charge in [-0.1, -0.05) is 36.0 Å². The lowest BCUT2D eigenvalue weighted by Gasteiger charge is -2.17. The first-order valence-corrected chi connectivity index (χ1v) is 12.2. The van der Waals surface area contributed by atoms with E-state index in [0.29, 0.717) is 35.3 Å². The maximum Gasteiger partial charge on any atom is 0.242 e. The molecule has 1 heterocycles. The third-order valence-corrected chi connectivity index (χ3v) is 6.75. The van der Waals surface area contributed by atoms with Gasteiger partial charge in [-0.05, 0) is 60.5 Å². The summed E-state index contributed by atoms with van der Waals surface area (Å²) in [5.41, 5.74) is 2.17. The van der Waals surface area contributed by atoms with E-state index in [0.717, 1.165) is 11.3 Å². The molecule has 1 unspecified atom stereocenters. The molecule has 1 saturated heterocycles. The third kappa shape index (κ3) is 6.23. The summed E-state index contributed by atoms with van der Waals surface area (Å²) in [4.78, 5) is 32.3. The highest BCUT2D eigenvalue weighted by molar-refractivity contribution is 8.15. The molecule has 1 aliphatic heterocycles. The van der Waals surface area contributed by atoms with Gasteiger partial charge in [0.05, 0.1) is 19.9 Å². The van der Waals surface area contributed by atoms with Gasteiger partial charge >= 0.3 is 0 Å². The number of methoxy groups -OCH3 is 2. The fourth-order valence-electron chi connectivity index (χ4n) is 3.73. The Morgan fingerprint density at radius 1 is 1.03 bits per heavy atom. The number of aliphatic imine (C=N–C) groups is 1. The summed E-state index contributed by atoms with van der Waals surface area (Å²) in [7, 11) is 3.16. The van der Waals surface area contributed by atoms with E-state index >= 15 is 0 Å². The van der Waals surface area contributed by atoms with Gasteiger partial charge in [0.15, 0.2) is 16.7 Å². The molecular weight excluding hydrogens is 481 g/mol. The highest BCUT2D eigenvalue weighted by Crippen LogP contribution is 2.33. The highest BCUT2D eigenvalue weighted by atomic mass is 32.2. The van der Waals surface area contributed by atoms with Crippen LogP contribution in [0.3, 0.4) is 0 Å². The molecule has 0 aliphatic carbocycles. The van der Waals surface area contributed by atoms with Gasteiger partial charge in [-0.25, -0.2) is 9.38 Å². The van der Waals surface area contributed by atoms with Crippen molar-refractivity contribution in [2.45, 2.75) is 18.1 Å². The van der Waals surface area contributed by atoms with Crippen LogP contribution in [-0.4, -0.2) is 47.9 Å². The number of amides is 2. The maximum atomic E-state index is 13.3. The molecule has 3 aromatic rings. The average molecular weight is 508 g/mol. The van der Waals surface area contributed by atoms with Crippen molar-refractivity contribution in [1.29, 1.82) is 0 Å². The Labute approximate surface area is 213 Å². The third-order valence-electron chi connectivity index (χ3n) is 5.57. The zero-order valence-electron chi connectivity index (χ0n) is 19.9. The minimum Gasteiger partial charge on any atom is -0.493 e. The number of thioether (sulfide) groups is 1. The molecule has 2 amide bonds. The zero-order chi connectivity index (χ0) is 25.5. The summed E-state index contributed by atoms with van der Waals surface area (Å²) in [6, 6.07) is 20.5. The van der Waals surface area contributed by atoms with Gasteiger partial charge in [0.2, 0.25) is 11.8 Å². The largest absolute Gasteiger partial charge is 0.493 e. The van der Waals surface area contributed by atoms with Crippen LogP contribution in [0, 0.1) is 5.82 Å². The van der Waals surface area contributed by atoms with Crippen LogP contribution in [0.25, 0.3) is 0 Å². The van der Waals surface area contributed by atoms with Gasteiger partial charge in [-0.3, -0.25) is 14.5 Å². The molecule has 1 N–H and O–H groups in total. The van der Waals surface area contributed by atoms with Crippen LogP contribution in [-0.2, 0) is 16.0 Å². The molecule has 36 heavy (non-hydrogen) atoms. The monoisotopic (exact) mass is 507 g/mol. The number of hydrogen-bond donors (Lipinski definition) is 1. The van der Waals surface area contributed by atoms with Crippen LogP contribution < -0.4 is 14.8 Å². The number of nitrogens with zero attached hydrogens (tertiary/aromatic N) is 2. The highest BCUT2D eigenvalue weighted by Gasteiger charge is 2.39. The van der Waals surface area contributed by atoms with Crippen LogP contribution in [0.5, 0.6) is 11.5 Å². The van der Waals surface area contributed by atoms with E-state index < -0.39 is 5.25 Å². The maximum absolute atomic E-state index is 13.3. The number of carbonyl (C=O) groups excluding carboxylic acids is 2. The number of nitrogens with one attached hydrogen (secondary N) is 1. The van der Waals surface area contributed by atoms with E-state index in [1.165, 1.54) is 36.0 Å². The van der Waals surface area contributed by atoms with Gasteiger partial charge in [0, 0.05) is 18.7 Å². The van der Waals surface area contributed by atoms with Crippen LogP contribution in [0.2, 0.25) is 0 Å². The summed E-state index contributed by atoms with van der Waals surface area (Å²) in [6.45, 7) is 0.392. The van der Waals surface area contributed by atoms with E-state index in [9.17, 15) is 14.0 Å². The number of hydrogen-bond acceptors (Lipinski definition) is 6. The SMILES string of the molecule is COc1ccc(CCN2C(=O)C(CC(=O)Nc3ccc(F)cc3)SC2=Nc2ccccc2)cc1OC. The van der Waals surface area contributed by atoms with Crippen molar-refractivity contribution in [3.8, 4) is 11.5 Å². The lowest BCUT2D eigenvalue weighted by Crippen LogP contribution is -2.35. The van der Waals surface area contributed by atoms with Gasteiger partial charge in [0.1, 0.15) is 11.1 Å². The standard InChI is InChI=1S/C27H26FN3O4S/c1-34-22-13-8-18(16-23(22)35-2)14-15-31-26(33)24(36-27(31)30-20-6-4-3-5-7-20)17-25(32)29-21-11-9-19(28)10-12-21/h3-13,16,24H,14-15,17H2,1-2H3,(H,29,32).